The maximum absolute atomic E-state index is 12.8. The van der Waals surface area contributed by atoms with Gasteiger partial charge in [-0.05, 0) is 30.3 Å². The Morgan fingerprint density at radius 1 is 1.00 bits per heavy atom. The molecule has 132 valence electrons. The Bertz CT molecular complexity index is 770. The first kappa shape index (κ1) is 17.1. The van der Waals surface area contributed by atoms with Crippen molar-refractivity contribution in [1.82, 2.24) is 4.98 Å². The van der Waals surface area contributed by atoms with Crippen molar-refractivity contribution in [3.05, 3.63) is 53.7 Å². The lowest BCUT2D eigenvalue weighted by Crippen LogP contribution is -2.47. The predicted octanol–water partition coefficient (Wildman–Crippen LogP) is 2.53. The van der Waals surface area contributed by atoms with Crippen molar-refractivity contribution in [2.45, 2.75) is 6.18 Å². The smallest absolute Gasteiger partial charge is 0.368 e. The first-order valence-corrected chi connectivity index (χ1v) is 7.78. The number of carbonyl (C=O) groups is 1. The van der Waals surface area contributed by atoms with E-state index >= 15 is 0 Å². The number of pyridine rings is 1. The number of benzene rings is 1. The van der Waals surface area contributed by atoms with E-state index in [9.17, 15) is 18.0 Å². The van der Waals surface area contributed by atoms with Crippen LogP contribution in [0.3, 0.4) is 0 Å². The van der Waals surface area contributed by atoms with Crippen LogP contribution in [-0.4, -0.2) is 37.1 Å². The van der Waals surface area contributed by atoms with Crippen LogP contribution in [-0.2, 0) is 6.18 Å². The Kier molecular flexibility index (Phi) is 4.52. The quantitative estimate of drug-likeness (QED) is 0.924. The van der Waals surface area contributed by atoms with Crippen molar-refractivity contribution in [3.63, 3.8) is 0 Å². The predicted molar refractivity (Wildman–Crippen MR) is 88.6 cm³/mol. The van der Waals surface area contributed by atoms with Crippen LogP contribution in [0, 0.1) is 0 Å². The highest BCUT2D eigenvalue weighted by molar-refractivity contribution is 5.91. The van der Waals surface area contributed by atoms with Gasteiger partial charge in [0.2, 0.25) is 0 Å². The molecule has 0 aliphatic carbocycles. The number of hydrogen-bond acceptors (Lipinski definition) is 4. The van der Waals surface area contributed by atoms with E-state index in [4.69, 9.17) is 5.73 Å². The van der Waals surface area contributed by atoms with Gasteiger partial charge in [-0.25, -0.2) is 4.98 Å². The SMILES string of the molecule is NC(=O)c1cccc(N2CCN(c3cccc(C(F)(F)F)c3)CC2)n1. The van der Waals surface area contributed by atoms with Crippen molar-refractivity contribution in [2.24, 2.45) is 5.73 Å². The van der Waals surface area contributed by atoms with Gasteiger partial charge in [0.15, 0.2) is 0 Å². The highest BCUT2D eigenvalue weighted by Gasteiger charge is 2.31. The number of primary amides is 1. The number of piperazine rings is 1. The molecule has 0 saturated carbocycles. The monoisotopic (exact) mass is 350 g/mol. The summed E-state index contributed by atoms with van der Waals surface area (Å²) in [5.74, 6) is 0.0458. The zero-order valence-corrected chi connectivity index (χ0v) is 13.3. The Morgan fingerprint density at radius 2 is 1.64 bits per heavy atom. The minimum Gasteiger partial charge on any atom is -0.368 e. The summed E-state index contributed by atoms with van der Waals surface area (Å²) in [6.45, 7) is 2.30. The van der Waals surface area contributed by atoms with E-state index in [1.54, 1.807) is 24.3 Å². The lowest BCUT2D eigenvalue weighted by atomic mass is 10.1. The number of halogens is 3. The zero-order valence-electron chi connectivity index (χ0n) is 13.3. The third-order valence-electron chi connectivity index (χ3n) is 4.13. The molecule has 1 aliphatic heterocycles. The second-order valence-electron chi connectivity index (χ2n) is 5.77. The van der Waals surface area contributed by atoms with Crippen molar-refractivity contribution < 1.29 is 18.0 Å². The maximum atomic E-state index is 12.8. The van der Waals surface area contributed by atoms with Crippen molar-refractivity contribution in [3.8, 4) is 0 Å². The van der Waals surface area contributed by atoms with E-state index in [0.29, 0.717) is 37.7 Å². The second kappa shape index (κ2) is 6.62. The van der Waals surface area contributed by atoms with Crippen molar-refractivity contribution in [1.29, 1.82) is 0 Å². The maximum Gasteiger partial charge on any atom is 0.416 e. The Hall–Kier alpha value is -2.77. The fourth-order valence-corrected chi connectivity index (χ4v) is 2.81. The van der Waals surface area contributed by atoms with Gasteiger partial charge in [0, 0.05) is 31.9 Å². The lowest BCUT2D eigenvalue weighted by Gasteiger charge is -2.37. The lowest BCUT2D eigenvalue weighted by molar-refractivity contribution is -0.137. The number of amides is 1. The second-order valence-corrected chi connectivity index (χ2v) is 5.77. The molecule has 1 amide bonds. The molecule has 5 nitrogen and oxygen atoms in total. The summed E-state index contributed by atoms with van der Waals surface area (Å²) in [6, 6.07) is 10.4. The van der Waals surface area contributed by atoms with Gasteiger partial charge in [-0.2, -0.15) is 13.2 Å². The zero-order chi connectivity index (χ0) is 18.0. The number of hydrogen-bond donors (Lipinski definition) is 1. The van der Waals surface area contributed by atoms with Gasteiger partial charge in [0.05, 0.1) is 5.56 Å². The highest BCUT2D eigenvalue weighted by Crippen LogP contribution is 2.32. The Balaban J connectivity index is 1.70. The standard InChI is InChI=1S/C17H17F3N4O/c18-17(19,20)12-3-1-4-13(11-12)23-7-9-24(10-8-23)15-6-2-5-14(22-15)16(21)25/h1-6,11H,7-10H2,(H2,21,25). The van der Waals surface area contributed by atoms with Crippen LogP contribution < -0.4 is 15.5 Å². The van der Waals surface area contributed by atoms with Crippen molar-refractivity contribution >= 4 is 17.4 Å². The summed E-state index contributed by atoms with van der Waals surface area (Å²) >= 11 is 0. The molecule has 1 aliphatic rings. The number of nitrogens with two attached hydrogens (primary N) is 1. The van der Waals surface area contributed by atoms with Crippen LogP contribution in [0.25, 0.3) is 0 Å². The number of nitrogens with zero attached hydrogens (tertiary/aromatic N) is 3. The molecule has 1 aromatic carbocycles. The van der Waals surface area contributed by atoms with Gasteiger partial charge in [-0.3, -0.25) is 4.79 Å². The van der Waals surface area contributed by atoms with Gasteiger partial charge in [-0.1, -0.05) is 12.1 Å². The highest BCUT2D eigenvalue weighted by atomic mass is 19.4. The third-order valence-corrected chi connectivity index (χ3v) is 4.13. The summed E-state index contributed by atoms with van der Waals surface area (Å²) in [6.07, 6.45) is -4.35. The van der Waals surface area contributed by atoms with Crippen LogP contribution in [0.15, 0.2) is 42.5 Å². The molecule has 3 rings (SSSR count). The number of alkyl halides is 3. The molecule has 1 saturated heterocycles. The minimum absolute atomic E-state index is 0.192. The normalized spacial score (nSPS) is 15.3. The van der Waals surface area contributed by atoms with E-state index < -0.39 is 17.6 Å². The summed E-state index contributed by atoms with van der Waals surface area (Å²) in [4.78, 5) is 19.3. The minimum atomic E-state index is -4.35. The van der Waals surface area contributed by atoms with Gasteiger partial charge in [0.1, 0.15) is 11.5 Å². The average molecular weight is 350 g/mol. The largest absolute Gasteiger partial charge is 0.416 e. The number of rotatable bonds is 3. The van der Waals surface area contributed by atoms with Gasteiger partial charge < -0.3 is 15.5 Å². The van der Waals surface area contributed by atoms with Crippen LogP contribution in [0.4, 0.5) is 24.7 Å². The molecule has 2 aromatic rings. The molecule has 0 radical (unpaired) electrons. The Labute approximate surface area is 142 Å². The molecule has 1 fully saturated rings. The molecule has 1 aromatic heterocycles. The molecule has 0 bridgehead atoms. The molecule has 25 heavy (non-hydrogen) atoms. The van der Waals surface area contributed by atoms with Gasteiger partial charge in [0.25, 0.3) is 5.91 Å². The molecule has 0 spiro atoms. The summed E-state index contributed by atoms with van der Waals surface area (Å²) in [7, 11) is 0. The van der Waals surface area contributed by atoms with E-state index in [1.807, 2.05) is 9.80 Å². The Morgan fingerprint density at radius 3 is 2.28 bits per heavy atom. The van der Waals surface area contributed by atoms with E-state index in [0.717, 1.165) is 6.07 Å². The first-order valence-electron chi connectivity index (χ1n) is 7.78. The van der Waals surface area contributed by atoms with Crippen molar-refractivity contribution in [2.75, 3.05) is 36.0 Å². The molecule has 2 N–H and O–H groups in total. The van der Waals surface area contributed by atoms with Crippen LogP contribution >= 0.6 is 0 Å². The number of anilines is 2. The van der Waals surface area contributed by atoms with Gasteiger partial charge in [-0.15, -0.1) is 0 Å². The first-order chi connectivity index (χ1) is 11.8. The third kappa shape index (κ3) is 3.84. The topological polar surface area (TPSA) is 62.5 Å². The summed E-state index contributed by atoms with van der Waals surface area (Å²) < 4.78 is 38.5. The fourth-order valence-electron chi connectivity index (χ4n) is 2.81. The van der Waals surface area contributed by atoms with E-state index in [2.05, 4.69) is 4.98 Å². The molecular formula is C17H17F3N4O. The van der Waals surface area contributed by atoms with E-state index in [-0.39, 0.29) is 5.69 Å². The summed E-state index contributed by atoms with van der Waals surface area (Å²) in [5.41, 5.74) is 5.33. The van der Waals surface area contributed by atoms with E-state index in [1.165, 1.54) is 12.1 Å². The van der Waals surface area contributed by atoms with Crippen LogP contribution in [0.2, 0.25) is 0 Å². The molecular weight excluding hydrogens is 333 g/mol. The van der Waals surface area contributed by atoms with Gasteiger partial charge >= 0.3 is 6.18 Å². The molecule has 0 atom stereocenters. The fraction of sp³-hybridized carbons (Fsp3) is 0.294. The average Bonchev–Trinajstić information content (AvgIpc) is 2.61. The summed E-state index contributed by atoms with van der Waals surface area (Å²) in [5, 5.41) is 0. The molecule has 2 heterocycles. The van der Waals surface area contributed by atoms with Crippen LogP contribution in [0.1, 0.15) is 16.1 Å². The number of carbonyl (C=O) groups excluding carboxylic acids is 1. The molecule has 8 heteroatoms. The number of aromatic nitrogens is 1. The van der Waals surface area contributed by atoms with Crippen LogP contribution in [0.5, 0.6) is 0 Å². The molecule has 0 unspecified atom stereocenters.